The van der Waals surface area contributed by atoms with Gasteiger partial charge in [0.2, 0.25) is 0 Å². The minimum Gasteiger partial charge on any atom is -0.310 e. The molecule has 2 fully saturated rings. The van der Waals surface area contributed by atoms with Crippen LogP contribution < -0.4 is 5.32 Å². The number of hydrogen-bond acceptors (Lipinski definition) is 1. The molecule has 2 aliphatic rings. The van der Waals surface area contributed by atoms with Crippen molar-refractivity contribution in [3.05, 3.63) is 35.6 Å². The molecule has 0 amide bonds. The Labute approximate surface area is 115 Å². The summed E-state index contributed by atoms with van der Waals surface area (Å²) in [7, 11) is 0. The van der Waals surface area contributed by atoms with Crippen LogP contribution in [0.5, 0.6) is 0 Å². The first-order valence-corrected chi connectivity index (χ1v) is 7.75. The fourth-order valence-corrected chi connectivity index (χ4v) is 4.15. The van der Waals surface area contributed by atoms with E-state index in [1.807, 2.05) is 12.1 Å². The van der Waals surface area contributed by atoms with Crippen molar-refractivity contribution in [2.24, 2.45) is 17.8 Å². The summed E-state index contributed by atoms with van der Waals surface area (Å²) >= 11 is 0. The molecule has 104 valence electrons. The molecule has 0 heterocycles. The Hall–Kier alpha value is -0.890. The topological polar surface area (TPSA) is 12.0 Å². The summed E-state index contributed by atoms with van der Waals surface area (Å²) in [6, 6.07) is 7.34. The van der Waals surface area contributed by atoms with E-state index >= 15 is 0 Å². The van der Waals surface area contributed by atoms with Crippen molar-refractivity contribution in [1.29, 1.82) is 0 Å². The summed E-state index contributed by atoms with van der Waals surface area (Å²) in [5.74, 6) is 2.69. The second-order valence-corrected chi connectivity index (χ2v) is 6.33. The van der Waals surface area contributed by atoms with Crippen LogP contribution in [0, 0.1) is 23.6 Å². The number of rotatable bonds is 5. The Balaban J connectivity index is 1.60. The van der Waals surface area contributed by atoms with E-state index in [0.717, 1.165) is 36.3 Å². The molecule has 1 aromatic rings. The van der Waals surface area contributed by atoms with Crippen molar-refractivity contribution in [3.63, 3.8) is 0 Å². The van der Waals surface area contributed by atoms with Crippen LogP contribution in [-0.4, -0.2) is 6.54 Å². The molecule has 19 heavy (non-hydrogen) atoms. The molecule has 4 atom stereocenters. The number of fused-ring (bicyclic) bond motifs is 2. The number of benzene rings is 1. The highest BCUT2D eigenvalue weighted by atomic mass is 19.1. The largest absolute Gasteiger partial charge is 0.310 e. The van der Waals surface area contributed by atoms with Gasteiger partial charge < -0.3 is 5.32 Å². The lowest BCUT2D eigenvalue weighted by molar-refractivity contribution is 0.303. The van der Waals surface area contributed by atoms with E-state index in [1.54, 1.807) is 12.1 Å². The molecule has 1 N–H and O–H groups in total. The van der Waals surface area contributed by atoms with E-state index in [-0.39, 0.29) is 11.9 Å². The maximum atomic E-state index is 13.8. The zero-order valence-electron chi connectivity index (χ0n) is 11.7. The van der Waals surface area contributed by atoms with Crippen LogP contribution in [0.4, 0.5) is 4.39 Å². The highest BCUT2D eigenvalue weighted by Crippen LogP contribution is 2.48. The van der Waals surface area contributed by atoms with Gasteiger partial charge in [0, 0.05) is 11.6 Å². The second kappa shape index (κ2) is 5.62. The average molecular weight is 261 g/mol. The van der Waals surface area contributed by atoms with Gasteiger partial charge in [0.1, 0.15) is 5.82 Å². The van der Waals surface area contributed by atoms with Crippen LogP contribution in [0.15, 0.2) is 24.3 Å². The van der Waals surface area contributed by atoms with Crippen molar-refractivity contribution in [2.45, 2.75) is 45.1 Å². The standard InChI is InChI=1S/C17H24FN/c1-2-17(15-5-3-4-6-16(15)18)19-11-14-10-12-7-8-13(14)9-12/h3-6,12-14,17,19H,2,7-11H2,1H3. The van der Waals surface area contributed by atoms with Gasteiger partial charge in [-0.15, -0.1) is 0 Å². The Morgan fingerprint density at radius 2 is 2.11 bits per heavy atom. The number of hydrogen-bond donors (Lipinski definition) is 1. The molecule has 2 bridgehead atoms. The van der Waals surface area contributed by atoms with Gasteiger partial charge in [0.25, 0.3) is 0 Å². The summed E-state index contributed by atoms with van der Waals surface area (Å²) in [5.41, 5.74) is 0.827. The fraction of sp³-hybridized carbons (Fsp3) is 0.647. The summed E-state index contributed by atoms with van der Waals surface area (Å²) in [4.78, 5) is 0. The molecule has 3 rings (SSSR count). The quantitative estimate of drug-likeness (QED) is 0.833. The van der Waals surface area contributed by atoms with Crippen LogP contribution in [-0.2, 0) is 0 Å². The third kappa shape index (κ3) is 2.69. The van der Waals surface area contributed by atoms with Crippen molar-refractivity contribution < 1.29 is 4.39 Å². The molecule has 0 aliphatic heterocycles. The SMILES string of the molecule is CCC(NCC1CC2CCC1C2)c1ccccc1F. The minimum absolute atomic E-state index is 0.0743. The first kappa shape index (κ1) is 13.1. The predicted molar refractivity (Wildman–Crippen MR) is 76.4 cm³/mol. The van der Waals surface area contributed by atoms with Crippen LogP contribution in [0.2, 0.25) is 0 Å². The van der Waals surface area contributed by atoms with Crippen molar-refractivity contribution in [3.8, 4) is 0 Å². The third-order valence-corrected chi connectivity index (χ3v) is 5.20. The summed E-state index contributed by atoms with van der Waals surface area (Å²) in [6.07, 6.45) is 6.66. The smallest absolute Gasteiger partial charge is 0.127 e. The van der Waals surface area contributed by atoms with E-state index in [9.17, 15) is 4.39 Å². The van der Waals surface area contributed by atoms with Gasteiger partial charge in [-0.2, -0.15) is 0 Å². The molecule has 0 radical (unpaired) electrons. The van der Waals surface area contributed by atoms with Crippen LogP contribution in [0.25, 0.3) is 0 Å². The van der Waals surface area contributed by atoms with Crippen LogP contribution >= 0.6 is 0 Å². The van der Waals surface area contributed by atoms with Crippen LogP contribution in [0.1, 0.15) is 50.6 Å². The molecule has 2 saturated carbocycles. The Kier molecular flexibility index (Phi) is 3.88. The molecule has 1 aromatic carbocycles. The van der Waals surface area contributed by atoms with Gasteiger partial charge in [0.05, 0.1) is 0 Å². The fourth-order valence-electron chi connectivity index (χ4n) is 4.15. The highest BCUT2D eigenvalue weighted by Gasteiger charge is 2.39. The number of nitrogens with one attached hydrogen (secondary N) is 1. The van der Waals surface area contributed by atoms with Crippen molar-refractivity contribution >= 4 is 0 Å². The number of halogens is 1. The van der Waals surface area contributed by atoms with Crippen molar-refractivity contribution in [1.82, 2.24) is 5.32 Å². The first-order valence-electron chi connectivity index (χ1n) is 7.75. The van der Waals surface area contributed by atoms with Gasteiger partial charge in [-0.3, -0.25) is 0 Å². The van der Waals surface area contributed by atoms with Gasteiger partial charge >= 0.3 is 0 Å². The van der Waals surface area contributed by atoms with Gasteiger partial charge in [-0.1, -0.05) is 31.5 Å². The maximum absolute atomic E-state index is 13.8. The Morgan fingerprint density at radius 3 is 2.74 bits per heavy atom. The average Bonchev–Trinajstić information content (AvgIpc) is 3.03. The zero-order chi connectivity index (χ0) is 13.2. The molecule has 2 aliphatic carbocycles. The lowest BCUT2D eigenvalue weighted by Gasteiger charge is -2.25. The van der Waals surface area contributed by atoms with E-state index in [0.29, 0.717) is 0 Å². The Morgan fingerprint density at radius 1 is 1.26 bits per heavy atom. The van der Waals surface area contributed by atoms with Crippen LogP contribution in [0.3, 0.4) is 0 Å². The van der Waals surface area contributed by atoms with Crippen molar-refractivity contribution in [2.75, 3.05) is 6.54 Å². The predicted octanol–water partition coefficient (Wildman–Crippen LogP) is 4.30. The van der Waals surface area contributed by atoms with E-state index in [2.05, 4.69) is 12.2 Å². The van der Waals surface area contributed by atoms with E-state index in [1.165, 1.54) is 25.7 Å². The second-order valence-electron chi connectivity index (χ2n) is 6.33. The highest BCUT2D eigenvalue weighted by molar-refractivity contribution is 5.21. The minimum atomic E-state index is -0.0743. The van der Waals surface area contributed by atoms with Gasteiger partial charge in [-0.05, 0) is 56.0 Å². The molecule has 4 unspecified atom stereocenters. The van der Waals surface area contributed by atoms with E-state index < -0.39 is 0 Å². The molecule has 0 spiro atoms. The van der Waals surface area contributed by atoms with Gasteiger partial charge in [-0.25, -0.2) is 4.39 Å². The first-order chi connectivity index (χ1) is 9.28. The summed E-state index contributed by atoms with van der Waals surface area (Å²) < 4.78 is 13.8. The Bertz CT molecular complexity index is 431. The lowest BCUT2D eigenvalue weighted by atomic mass is 9.88. The zero-order valence-corrected chi connectivity index (χ0v) is 11.7. The maximum Gasteiger partial charge on any atom is 0.127 e. The molecular formula is C17H24FN. The van der Waals surface area contributed by atoms with E-state index in [4.69, 9.17) is 0 Å². The molecule has 0 saturated heterocycles. The molecule has 2 heteroatoms. The monoisotopic (exact) mass is 261 g/mol. The lowest BCUT2D eigenvalue weighted by Crippen LogP contribution is -2.30. The molecule has 0 aromatic heterocycles. The van der Waals surface area contributed by atoms with Gasteiger partial charge in [0.15, 0.2) is 0 Å². The normalized spacial score (nSPS) is 30.7. The third-order valence-electron chi connectivity index (χ3n) is 5.20. The molecule has 1 nitrogen and oxygen atoms in total. The summed E-state index contributed by atoms with van der Waals surface area (Å²) in [5, 5.41) is 3.61. The molecular weight excluding hydrogens is 237 g/mol. The summed E-state index contributed by atoms with van der Waals surface area (Å²) in [6.45, 7) is 3.19.